The second kappa shape index (κ2) is 27.2. The van der Waals surface area contributed by atoms with E-state index in [1.54, 1.807) is 0 Å². The number of aliphatic hydroxyl groups is 1. The van der Waals surface area contributed by atoms with Gasteiger partial charge in [-0.15, -0.1) is 0 Å². The van der Waals surface area contributed by atoms with Gasteiger partial charge in [-0.2, -0.15) is 0 Å². The van der Waals surface area contributed by atoms with E-state index in [-0.39, 0.29) is 52.9 Å². The summed E-state index contributed by atoms with van der Waals surface area (Å²) in [5, 5.41) is 12.0. The molecule has 0 saturated carbocycles. The predicted molar refractivity (Wildman–Crippen MR) is 272 cm³/mol. The smallest absolute Gasteiger partial charge is 0.187 e. The van der Waals surface area contributed by atoms with Crippen LogP contribution in [0.3, 0.4) is 0 Å². The van der Waals surface area contributed by atoms with Crippen LogP contribution in [0.15, 0.2) is 212 Å². The average Bonchev–Trinajstić information content (AvgIpc) is 3.44. The molecule has 2 fully saturated rings. The molecule has 2 saturated heterocycles. The Morgan fingerprint density at radius 2 is 0.556 bits per heavy atom. The van der Waals surface area contributed by atoms with Crippen LogP contribution in [-0.2, 0) is 93.6 Å². The fourth-order valence-electron chi connectivity index (χ4n) is 8.97. The van der Waals surface area contributed by atoms with Gasteiger partial charge in [0.15, 0.2) is 12.6 Å². The molecule has 9 rings (SSSR count). The molecule has 11 heteroatoms. The second-order valence-corrected chi connectivity index (χ2v) is 18.0. The first kappa shape index (κ1) is 51.0. The van der Waals surface area contributed by atoms with Crippen LogP contribution in [0.2, 0.25) is 0 Å². The van der Waals surface area contributed by atoms with Crippen LogP contribution < -0.4 is 0 Å². The van der Waals surface area contributed by atoms with Crippen LogP contribution >= 0.6 is 0 Å². The summed E-state index contributed by atoms with van der Waals surface area (Å²) in [6, 6.07) is 69.7. The molecule has 0 unspecified atom stereocenters. The second-order valence-electron chi connectivity index (χ2n) is 18.0. The lowest BCUT2D eigenvalue weighted by molar-refractivity contribution is -0.349. The largest absolute Gasteiger partial charge is 0.374 e. The van der Waals surface area contributed by atoms with E-state index in [2.05, 4.69) is 0 Å². The van der Waals surface area contributed by atoms with Gasteiger partial charge < -0.3 is 52.5 Å². The zero-order chi connectivity index (χ0) is 49.0. The Morgan fingerprint density at radius 3 is 0.917 bits per heavy atom. The summed E-state index contributed by atoms with van der Waals surface area (Å²) >= 11 is 0. The lowest BCUT2D eigenvalue weighted by atomic mass is 9.97. The van der Waals surface area contributed by atoms with E-state index < -0.39 is 61.4 Å². The molecular weight excluding hydrogens is 909 g/mol. The minimum atomic E-state index is -1.41. The van der Waals surface area contributed by atoms with Crippen molar-refractivity contribution in [3.05, 3.63) is 251 Å². The molecule has 7 aromatic carbocycles. The monoisotopic (exact) mass is 972 g/mol. The third kappa shape index (κ3) is 14.8. The highest BCUT2D eigenvalue weighted by atomic mass is 16.7. The van der Waals surface area contributed by atoms with E-state index in [0.717, 1.165) is 38.9 Å². The number of benzene rings is 7. The molecule has 0 spiro atoms. The van der Waals surface area contributed by atoms with Crippen LogP contribution in [0.1, 0.15) is 38.9 Å². The fourth-order valence-corrected chi connectivity index (χ4v) is 8.97. The van der Waals surface area contributed by atoms with E-state index in [4.69, 9.17) is 47.4 Å². The third-order valence-corrected chi connectivity index (χ3v) is 12.7. The minimum Gasteiger partial charge on any atom is -0.374 e. The van der Waals surface area contributed by atoms with Gasteiger partial charge in [0, 0.05) is 0 Å². The summed E-state index contributed by atoms with van der Waals surface area (Å²) in [7, 11) is 0. The highest BCUT2D eigenvalue weighted by molar-refractivity contribution is 5.19. The molecule has 2 aliphatic heterocycles. The Bertz CT molecular complexity index is 2550. The average molecular weight is 973 g/mol. The minimum absolute atomic E-state index is 0.0957. The summed E-state index contributed by atoms with van der Waals surface area (Å²) in [5.41, 5.74) is 6.80. The molecule has 72 heavy (non-hydrogen) atoms. The standard InChI is InChI=1S/C61H64O11/c62-60-58(68-41-50-32-18-6-19-33-50)56(66-39-48-28-14-4-15-29-48)55(65-38-47-26-12-3-13-27-47)53(71-60)44-70-61-59(69-42-51-34-20-7-21-35-51)57(67-40-49-30-16-5-17-31-49)54(64-37-46-24-10-2-11-25-46)52(72-61)43-63-36-45-22-8-1-9-23-45/h1-35,52-62H,36-44H2/t52-,53-,54-,55-,56+,57-,58-,59-,60+,61+/m1/s1. The maximum atomic E-state index is 12.0. The van der Waals surface area contributed by atoms with Gasteiger partial charge in [0.2, 0.25) is 0 Å². The molecule has 2 aliphatic rings. The highest BCUT2D eigenvalue weighted by Gasteiger charge is 2.52. The van der Waals surface area contributed by atoms with Crippen molar-refractivity contribution in [2.24, 2.45) is 0 Å². The lowest BCUT2D eigenvalue weighted by Crippen LogP contribution is -2.63. The van der Waals surface area contributed by atoms with E-state index in [9.17, 15) is 5.11 Å². The number of hydrogen-bond donors (Lipinski definition) is 1. The molecule has 374 valence electrons. The normalized spacial score (nSPS) is 24.2. The van der Waals surface area contributed by atoms with Gasteiger partial charge in [0.1, 0.15) is 48.8 Å². The van der Waals surface area contributed by atoms with Gasteiger partial charge in [-0.1, -0.05) is 212 Å². The molecule has 0 aliphatic carbocycles. The van der Waals surface area contributed by atoms with Crippen molar-refractivity contribution in [2.75, 3.05) is 13.2 Å². The van der Waals surface area contributed by atoms with Crippen molar-refractivity contribution < 1.29 is 52.5 Å². The SMILES string of the molecule is O[C@H]1O[C@H](CO[C@H]2O[C@H](COCc3ccccc3)[C@@H](OCc3ccccc3)[C@@H](OCc3ccccc3)[C@H]2OCc2ccccc2)[C@@H](OCc2ccccc2)[C@H](OCc2ccccc2)[C@H]1OCc1ccccc1. The molecule has 10 atom stereocenters. The summed E-state index contributed by atoms with van der Waals surface area (Å²) in [5.74, 6) is 0. The summed E-state index contributed by atoms with van der Waals surface area (Å²) in [6.07, 6.45) is -8.74. The molecule has 11 nitrogen and oxygen atoms in total. The number of ether oxygens (including phenoxy) is 10. The lowest BCUT2D eigenvalue weighted by Gasteiger charge is -2.47. The summed E-state index contributed by atoms with van der Waals surface area (Å²) in [4.78, 5) is 0. The predicted octanol–water partition coefficient (Wildman–Crippen LogP) is 10.2. The molecule has 1 N–H and O–H groups in total. The van der Waals surface area contributed by atoms with Crippen LogP contribution in [0.25, 0.3) is 0 Å². The molecule has 7 aromatic rings. The third-order valence-electron chi connectivity index (χ3n) is 12.7. The van der Waals surface area contributed by atoms with Crippen molar-refractivity contribution in [1.29, 1.82) is 0 Å². The molecule has 0 bridgehead atoms. The maximum absolute atomic E-state index is 12.0. The summed E-state index contributed by atoms with van der Waals surface area (Å²) < 4.78 is 67.9. The quantitative estimate of drug-likeness (QED) is 0.0591. The van der Waals surface area contributed by atoms with Crippen LogP contribution in [0, 0.1) is 0 Å². The van der Waals surface area contributed by atoms with Crippen molar-refractivity contribution in [1.82, 2.24) is 0 Å². The fraction of sp³-hybridized carbons (Fsp3) is 0.311. The van der Waals surface area contributed by atoms with Gasteiger partial charge in [-0.25, -0.2) is 0 Å². The van der Waals surface area contributed by atoms with Gasteiger partial charge in [0.25, 0.3) is 0 Å². The molecule has 0 amide bonds. The molecule has 0 radical (unpaired) electrons. The number of hydrogen-bond acceptors (Lipinski definition) is 11. The van der Waals surface area contributed by atoms with Crippen LogP contribution in [-0.4, -0.2) is 79.7 Å². The van der Waals surface area contributed by atoms with Gasteiger partial charge in [-0.3, -0.25) is 0 Å². The first-order valence-corrected chi connectivity index (χ1v) is 24.8. The Balaban J connectivity index is 1.04. The zero-order valence-electron chi connectivity index (χ0n) is 40.4. The Morgan fingerprint density at radius 1 is 0.278 bits per heavy atom. The van der Waals surface area contributed by atoms with Gasteiger partial charge in [-0.05, 0) is 38.9 Å². The first-order valence-electron chi connectivity index (χ1n) is 24.8. The highest BCUT2D eigenvalue weighted by Crippen LogP contribution is 2.34. The zero-order valence-corrected chi connectivity index (χ0v) is 40.4. The molecule has 0 aromatic heterocycles. The Kier molecular flexibility index (Phi) is 19.3. The van der Waals surface area contributed by atoms with E-state index in [1.807, 2.05) is 212 Å². The van der Waals surface area contributed by atoms with Crippen molar-refractivity contribution in [3.8, 4) is 0 Å². The van der Waals surface area contributed by atoms with Crippen LogP contribution in [0.5, 0.6) is 0 Å². The van der Waals surface area contributed by atoms with E-state index in [0.29, 0.717) is 6.61 Å². The first-order chi connectivity index (χ1) is 35.6. The number of rotatable bonds is 25. The van der Waals surface area contributed by atoms with E-state index >= 15 is 0 Å². The van der Waals surface area contributed by atoms with Crippen molar-refractivity contribution >= 4 is 0 Å². The maximum Gasteiger partial charge on any atom is 0.187 e. The van der Waals surface area contributed by atoms with Gasteiger partial charge >= 0.3 is 0 Å². The topological polar surface area (TPSA) is 113 Å². The van der Waals surface area contributed by atoms with Crippen molar-refractivity contribution in [3.63, 3.8) is 0 Å². The van der Waals surface area contributed by atoms with Crippen LogP contribution in [0.4, 0.5) is 0 Å². The van der Waals surface area contributed by atoms with Gasteiger partial charge in [0.05, 0.1) is 59.5 Å². The Labute approximate surface area is 423 Å². The number of aliphatic hydroxyl groups excluding tert-OH is 1. The molecule has 2 heterocycles. The summed E-state index contributed by atoms with van der Waals surface area (Å²) in [6.45, 7) is 1.89. The van der Waals surface area contributed by atoms with E-state index in [1.165, 1.54) is 0 Å². The van der Waals surface area contributed by atoms with Crippen molar-refractivity contribution in [2.45, 2.75) is 108 Å². The Hall–Kier alpha value is -5.90. The molecular formula is C61H64O11.